The Balaban J connectivity index is 2.43. The lowest BCUT2D eigenvalue weighted by Crippen LogP contribution is -2.01. The highest BCUT2D eigenvalue weighted by Crippen LogP contribution is 2.04. The lowest BCUT2D eigenvalue weighted by Gasteiger charge is -1.87. The molecule has 0 bridgehead atoms. The third-order valence-electron chi connectivity index (χ3n) is 1.50. The second-order valence-electron chi connectivity index (χ2n) is 2.65. The molecule has 0 N–H and O–H groups in total. The van der Waals surface area contributed by atoms with Crippen molar-refractivity contribution in [1.82, 2.24) is 5.16 Å². The first-order chi connectivity index (χ1) is 6.22. The lowest BCUT2D eigenvalue weighted by atomic mass is 10.2. The number of aromatic nitrogens is 1. The molecule has 0 spiro atoms. The largest absolute Gasteiger partial charge is 0.361 e. The van der Waals surface area contributed by atoms with Crippen molar-refractivity contribution in [3.05, 3.63) is 23.1 Å². The average molecular weight is 179 g/mol. The van der Waals surface area contributed by atoms with E-state index in [0.717, 1.165) is 11.9 Å². The summed E-state index contributed by atoms with van der Waals surface area (Å²) in [7, 11) is 0. The smallest absolute Gasteiger partial charge is 0.323 e. The number of aryl methyl sites for hydroxylation is 2. The Labute approximate surface area is 75.0 Å². The van der Waals surface area contributed by atoms with Crippen LogP contribution in [0.25, 0.3) is 5.53 Å². The Morgan fingerprint density at radius 2 is 2.62 bits per heavy atom. The van der Waals surface area contributed by atoms with Crippen LogP contribution in [-0.4, -0.2) is 21.9 Å². The molecule has 0 atom stereocenters. The molecular weight excluding hydrogens is 170 g/mol. The first-order valence-electron chi connectivity index (χ1n) is 3.85. The molecule has 13 heavy (non-hydrogen) atoms. The standard InChI is InChI=1S/C8H9N3O2/c1-6-4-8(13-11-6)3-2-7(12)5-10-9/h4-5H,2-3H2,1H3. The molecule has 0 unspecified atom stereocenters. The fraction of sp³-hybridized carbons (Fsp3) is 0.375. The van der Waals surface area contributed by atoms with Gasteiger partial charge in [0.2, 0.25) is 5.78 Å². The highest BCUT2D eigenvalue weighted by Gasteiger charge is 2.06. The topological polar surface area (TPSA) is 79.5 Å². The van der Waals surface area contributed by atoms with E-state index in [1.807, 2.05) is 6.92 Å². The summed E-state index contributed by atoms with van der Waals surface area (Å²) in [5.41, 5.74) is 8.84. The van der Waals surface area contributed by atoms with Crippen molar-refractivity contribution < 1.29 is 14.1 Å². The van der Waals surface area contributed by atoms with Crippen molar-refractivity contribution in [3.63, 3.8) is 0 Å². The van der Waals surface area contributed by atoms with Gasteiger partial charge in [-0.25, -0.2) is 0 Å². The summed E-state index contributed by atoms with van der Waals surface area (Å²) in [6, 6.07) is 1.77. The number of hydrogen-bond acceptors (Lipinski definition) is 3. The summed E-state index contributed by atoms with van der Waals surface area (Å²) in [5.74, 6) is 0.425. The molecule has 0 aliphatic rings. The molecule has 1 aromatic rings. The molecule has 68 valence electrons. The van der Waals surface area contributed by atoms with Crippen molar-refractivity contribution in [2.24, 2.45) is 0 Å². The summed E-state index contributed by atoms with van der Waals surface area (Å²) in [5, 5.41) is 3.67. The van der Waals surface area contributed by atoms with Crippen molar-refractivity contribution >= 4 is 12.0 Å². The Bertz CT molecular complexity index is 350. The predicted molar refractivity (Wildman–Crippen MR) is 44.3 cm³/mol. The Morgan fingerprint density at radius 3 is 3.15 bits per heavy atom. The van der Waals surface area contributed by atoms with E-state index in [9.17, 15) is 4.79 Å². The van der Waals surface area contributed by atoms with Crippen LogP contribution in [0.5, 0.6) is 0 Å². The lowest BCUT2D eigenvalue weighted by molar-refractivity contribution is -0.116. The number of rotatable bonds is 4. The summed E-state index contributed by atoms with van der Waals surface area (Å²) >= 11 is 0. The van der Waals surface area contributed by atoms with Gasteiger partial charge in [0.1, 0.15) is 5.76 Å². The molecule has 5 heteroatoms. The summed E-state index contributed by atoms with van der Waals surface area (Å²) in [6.45, 7) is 1.81. The van der Waals surface area contributed by atoms with Crippen LogP contribution in [0.1, 0.15) is 17.9 Å². The molecule has 0 amide bonds. The van der Waals surface area contributed by atoms with E-state index in [-0.39, 0.29) is 12.2 Å². The fourth-order valence-corrected chi connectivity index (χ4v) is 0.909. The second-order valence-corrected chi connectivity index (χ2v) is 2.65. The quantitative estimate of drug-likeness (QED) is 0.389. The van der Waals surface area contributed by atoms with E-state index < -0.39 is 0 Å². The van der Waals surface area contributed by atoms with Gasteiger partial charge in [-0.2, -0.15) is 4.79 Å². The van der Waals surface area contributed by atoms with Gasteiger partial charge in [-0.05, 0) is 6.92 Å². The van der Waals surface area contributed by atoms with Crippen LogP contribution in [0.2, 0.25) is 0 Å². The molecule has 0 saturated heterocycles. The van der Waals surface area contributed by atoms with Crippen LogP contribution in [0.3, 0.4) is 0 Å². The van der Waals surface area contributed by atoms with Gasteiger partial charge in [0.15, 0.2) is 0 Å². The van der Waals surface area contributed by atoms with E-state index in [1.165, 1.54) is 0 Å². The fourth-order valence-electron chi connectivity index (χ4n) is 0.909. The number of nitrogens with zero attached hydrogens (tertiary/aromatic N) is 3. The molecule has 0 aliphatic heterocycles. The molecule has 1 heterocycles. The molecule has 0 radical (unpaired) electrons. The average Bonchev–Trinajstić information content (AvgIpc) is 2.49. The van der Waals surface area contributed by atoms with Crippen LogP contribution < -0.4 is 0 Å². The zero-order valence-corrected chi connectivity index (χ0v) is 7.23. The molecule has 0 saturated carbocycles. The van der Waals surface area contributed by atoms with E-state index in [2.05, 4.69) is 9.95 Å². The Hall–Kier alpha value is -1.74. The summed E-state index contributed by atoms with van der Waals surface area (Å²) in [6.07, 6.45) is 1.62. The SMILES string of the molecule is Cc1cc(CCC(=O)C=[N+]=[N-])on1. The van der Waals surface area contributed by atoms with Crippen molar-refractivity contribution in [1.29, 1.82) is 0 Å². The number of Topliss-reactive ketones (excluding diaryl/α,β-unsaturated/α-hetero) is 1. The third-order valence-corrected chi connectivity index (χ3v) is 1.50. The second kappa shape index (κ2) is 4.33. The van der Waals surface area contributed by atoms with E-state index in [1.54, 1.807) is 6.07 Å². The van der Waals surface area contributed by atoms with Crippen LogP contribution >= 0.6 is 0 Å². The maximum Gasteiger partial charge on any atom is 0.323 e. The Kier molecular flexibility index (Phi) is 3.11. The van der Waals surface area contributed by atoms with Gasteiger partial charge in [0, 0.05) is 18.9 Å². The third kappa shape index (κ3) is 3.01. The van der Waals surface area contributed by atoms with Gasteiger partial charge in [-0.15, -0.1) is 0 Å². The highest BCUT2D eigenvalue weighted by atomic mass is 16.5. The minimum atomic E-state index is -0.239. The van der Waals surface area contributed by atoms with Crippen LogP contribution in [0.15, 0.2) is 10.6 Å². The van der Waals surface area contributed by atoms with E-state index in [0.29, 0.717) is 12.2 Å². The van der Waals surface area contributed by atoms with Gasteiger partial charge in [0.25, 0.3) is 0 Å². The number of carbonyl (C=O) groups excluding carboxylic acids is 1. The molecule has 0 aliphatic carbocycles. The zero-order valence-electron chi connectivity index (χ0n) is 7.23. The predicted octanol–water partition coefficient (Wildman–Crippen LogP) is 0.785. The minimum Gasteiger partial charge on any atom is -0.361 e. The van der Waals surface area contributed by atoms with Gasteiger partial charge >= 0.3 is 6.21 Å². The van der Waals surface area contributed by atoms with Crippen molar-refractivity contribution in [3.8, 4) is 0 Å². The summed E-state index contributed by atoms with van der Waals surface area (Å²) < 4.78 is 4.88. The molecule has 5 nitrogen and oxygen atoms in total. The van der Waals surface area contributed by atoms with Crippen LogP contribution in [-0.2, 0) is 11.2 Å². The van der Waals surface area contributed by atoms with E-state index in [4.69, 9.17) is 10.1 Å². The first-order valence-corrected chi connectivity index (χ1v) is 3.85. The molecule has 0 aromatic carbocycles. The van der Waals surface area contributed by atoms with Crippen molar-refractivity contribution in [2.75, 3.05) is 0 Å². The molecule has 1 rings (SSSR count). The molecular formula is C8H9N3O2. The van der Waals surface area contributed by atoms with Gasteiger partial charge in [0.05, 0.1) is 5.69 Å². The number of hydrogen-bond donors (Lipinski definition) is 0. The maximum absolute atomic E-state index is 10.9. The number of ketones is 1. The zero-order chi connectivity index (χ0) is 9.68. The van der Waals surface area contributed by atoms with Gasteiger partial charge < -0.3 is 10.1 Å². The van der Waals surface area contributed by atoms with Crippen molar-refractivity contribution in [2.45, 2.75) is 19.8 Å². The van der Waals surface area contributed by atoms with Gasteiger partial charge in [-0.3, -0.25) is 4.79 Å². The van der Waals surface area contributed by atoms with Crippen LogP contribution in [0.4, 0.5) is 0 Å². The minimum absolute atomic E-state index is 0.239. The monoisotopic (exact) mass is 179 g/mol. The first kappa shape index (κ1) is 9.35. The number of carbonyl (C=O) groups is 1. The summed E-state index contributed by atoms with van der Waals surface area (Å²) in [4.78, 5) is 13.5. The van der Waals surface area contributed by atoms with E-state index >= 15 is 0 Å². The Morgan fingerprint density at radius 1 is 1.85 bits per heavy atom. The van der Waals surface area contributed by atoms with Crippen LogP contribution in [0, 0.1) is 6.92 Å². The normalized spacial score (nSPS) is 9.31. The van der Waals surface area contributed by atoms with Gasteiger partial charge in [-0.1, -0.05) is 5.16 Å². The molecule has 1 aromatic heterocycles. The highest BCUT2D eigenvalue weighted by molar-refractivity contribution is 6.25. The molecule has 0 fully saturated rings. The maximum atomic E-state index is 10.9.